The number of carbonyl (C=O) groups excluding carboxylic acids is 3. The number of benzene rings is 3. The molecule has 2 amide bonds. The van der Waals surface area contributed by atoms with Crippen LogP contribution < -0.4 is 5.32 Å². The number of rotatable bonds is 7. The van der Waals surface area contributed by atoms with Crippen molar-refractivity contribution < 1.29 is 32.3 Å². The molecule has 0 aromatic heterocycles. The predicted molar refractivity (Wildman–Crippen MR) is 142 cm³/mol. The van der Waals surface area contributed by atoms with E-state index < -0.39 is 24.5 Å². The fourth-order valence-electron chi connectivity index (χ4n) is 5.47. The molecule has 2 atom stereocenters. The van der Waals surface area contributed by atoms with Crippen LogP contribution in [0.25, 0.3) is 11.1 Å². The highest BCUT2D eigenvalue weighted by Crippen LogP contribution is 2.47. The van der Waals surface area contributed by atoms with Crippen LogP contribution in [0.5, 0.6) is 0 Å². The van der Waals surface area contributed by atoms with Crippen LogP contribution in [0.1, 0.15) is 51.4 Å². The minimum atomic E-state index is -4.59. The summed E-state index contributed by atoms with van der Waals surface area (Å²) in [6.45, 7) is 0.348. The van der Waals surface area contributed by atoms with Crippen LogP contribution in [0.2, 0.25) is 0 Å². The molecule has 208 valence electrons. The number of carbonyl (C=O) groups is 3. The second-order valence-electron chi connectivity index (χ2n) is 10.2. The molecular weight excluding hydrogens is 521 g/mol. The molecular formula is C31H29F3N2O4. The maximum atomic E-state index is 13.0. The van der Waals surface area contributed by atoms with Crippen LogP contribution in [0.15, 0.2) is 66.7 Å². The molecule has 0 saturated heterocycles. The fourth-order valence-corrected chi connectivity index (χ4v) is 5.47. The lowest BCUT2D eigenvalue weighted by Crippen LogP contribution is -2.39. The molecule has 0 bridgehead atoms. The van der Waals surface area contributed by atoms with Crippen molar-refractivity contribution in [2.45, 2.75) is 44.4 Å². The lowest BCUT2D eigenvalue weighted by Gasteiger charge is -2.32. The Morgan fingerprint density at radius 1 is 1.00 bits per heavy atom. The topological polar surface area (TPSA) is 75.7 Å². The van der Waals surface area contributed by atoms with Crippen molar-refractivity contribution in [3.05, 3.63) is 94.5 Å². The predicted octanol–water partition coefficient (Wildman–Crippen LogP) is 5.40. The highest BCUT2D eigenvalue weighted by Gasteiger charge is 2.43. The van der Waals surface area contributed by atoms with E-state index in [-0.39, 0.29) is 37.4 Å². The zero-order valence-corrected chi connectivity index (χ0v) is 22.0. The number of fused-ring (bicyclic) bond motifs is 1. The number of ether oxygens (including phenoxy) is 1. The van der Waals surface area contributed by atoms with Crippen molar-refractivity contribution in [1.82, 2.24) is 10.2 Å². The summed E-state index contributed by atoms with van der Waals surface area (Å²) in [5.41, 5.74) is 5.44. The Morgan fingerprint density at radius 2 is 1.77 bits per heavy atom. The van der Waals surface area contributed by atoms with E-state index in [1.54, 1.807) is 18.2 Å². The van der Waals surface area contributed by atoms with Gasteiger partial charge in [-0.1, -0.05) is 54.6 Å². The van der Waals surface area contributed by atoms with Crippen LogP contribution in [-0.2, 0) is 33.8 Å². The van der Waals surface area contributed by atoms with Crippen molar-refractivity contribution in [3.63, 3.8) is 0 Å². The van der Waals surface area contributed by atoms with E-state index in [1.165, 1.54) is 12.0 Å². The number of halogens is 3. The van der Waals surface area contributed by atoms with Crippen LogP contribution in [0.3, 0.4) is 0 Å². The molecule has 0 unspecified atom stereocenters. The third kappa shape index (κ3) is 6.03. The molecule has 5 rings (SSSR count). The van der Waals surface area contributed by atoms with Crippen molar-refractivity contribution in [2.75, 3.05) is 13.7 Å². The van der Waals surface area contributed by atoms with E-state index in [9.17, 15) is 27.6 Å². The minimum absolute atomic E-state index is 0.00997. The van der Waals surface area contributed by atoms with Gasteiger partial charge in [0.1, 0.15) is 6.42 Å². The lowest BCUT2D eigenvalue weighted by molar-refractivity contribution is -0.162. The number of nitrogens with one attached hydrogen (secondary N) is 1. The van der Waals surface area contributed by atoms with Crippen LogP contribution in [-0.4, -0.2) is 42.5 Å². The van der Waals surface area contributed by atoms with Gasteiger partial charge in [0.2, 0.25) is 11.8 Å². The van der Waals surface area contributed by atoms with Gasteiger partial charge in [-0.25, -0.2) is 4.79 Å². The molecule has 1 aliphatic carbocycles. The van der Waals surface area contributed by atoms with Gasteiger partial charge in [0.15, 0.2) is 0 Å². The number of nitrogens with zero attached hydrogens (tertiary/aromatic N) is 1. The maximum Gasteiger partial charge on any atom is 0.397 e. The molecule has 2 aliphatic rings. The molecule has 9 heteroatoms. The van der Waals surface area contributed by atoms with Gasteiger partial charge in [-0.2, -0.15) is 13.2 Å². The summed E-state index contributed by atoms with van der Waals surface area (Å²) in [5, 5.41) is 3.00. The van der Waals surface area contributed by atoms with Gasteiger partial charge in [0, 0.05) is 25.6 Å². The van der Waals surface area contributed by atoms with Crippen LogP contribution in [0, 0.1) is 5.92 Å². The van der Waals surface area contributed by atoms with E-state index in [4.69, 9.17) is 4.74 Å². The molecule has 3 aromatic carbocycles. The monoisotopic (exact) mass is 550 g/mol. The van der Waals surface area contributed by atoms with Crippen LogP contribution >= 0.6 is 0 Å². The summed E-state index contributed by atoms with van der Waals surface area (Å²) in [5.74, 6) is -1.47. The van der Waals surface area contributed by atoms with E-state index in [2.05, 4.69) is 5.32 Å². The van der Waals surface area contributed by atoms with Gasteiger partial charge in [0.05, 0.1) is 12.7 Å². The third-order valence-corrected chi connectivity index (χ3v) is 7.62. The average molecular weight is 551 g/mol. The fraction of sp³-hybridized carbons (Fsp3) is 0.323. The first kappa shape index (κ1) is 27.4. The van der Waals surface area contributed by atoms with Crippen LogP contribution in [0.4, 0.5) is 13.2 Å². The molecule has 40 heavy (non-hydrogen) atoms. The third-order valence-electron chi connectivity index (χ3n) is 7.62. The standard InChI is InChI=1S/C31H29F3N2O4/c1-40-30(39)21-9-5-8-20(14-21)23-11-10-22(17-35-29(38)26-15-25(26)19-6-3-2-4-7-19)27-18-36(13-12-24(23)27)28(37)16-31(32,33)34/h2-11,14,25-26H,12-13,15-18H2,1H3,(H,35,38)/t25-,26+/m1/s1. The SMILES string of the molecule is COC(=O)c1cccc(-c2ccc(CNC(=O)[C@H]3C[C@@H]3c3ccccc3)c3c2CCN(C(=O)CC(F)(F)F)C3)c1. The summed E-state index contributed by atoms with van der Waals surface area (Å²) < 4.78 is 43.7. The van der Waals surface area contributed by atoms with Gasteiger partial charge in [-0.05, 0) is 64.3 Å². The largest absolute Gasteiger partial charge is 0.465 e. The number of methoxy groups -OCH3 is 1. The Bertz CT molecular complexity index is 1440. The highest BCUT2D eigenvalue weighted by atomic mass is 19.4. The zero-order chi connectivity index (χ0) is 28.4. The Kier molecular flexibility index (Phi) is 7.65. The molecule has 1 N–H and O–H groups in total. The summed E-state index contributed by atoms with van der Waals surface area (Å²) in [6, 6.07) is 20.5. The Morgan fingerprint density at radius 3 is 2.50 bits per heavy atom. The van der Waals surface area contributed by atoms with E-state index >= 15 is 0 Å². The highest BCUT2D eigenvalue weighted by molar-refractivity contribution is 5.91. The van der Waals surface area contributed by atoms with Crippen molar-refractivity contribution in [1.29, 1.82) is 0 Å². The molecule has 0 radical (unpaired) electrons. The molecule has 1 heterocycles. The first-order chi connectivity index (χ1) is 19.1. The quantitative estimate of drug-likeness (QED) is 0.400. The minimum Gasteiger partial charge on any atom is -0.465 e. The zero-order valence-electron chi connectivity index (χ0n) is 22.0. The summed E-state index contributed by atoms with van der Waals surface area (Å²) in [6.07, 6.45) is -5.00. The molecule has 1 aliphatic heterocycles. The van der Waals surface area contributed by atoms with Crippen molar-refractivity contribution in [2.24, 2.45) is 5.92 Å². The Hall–Kier alpha value is -4.14. The number of hydrogen-bond donors (Lipinski definition) is 1. The molecule has 3 aromatic rings. The normalized spacial score (nSPS) is 18.1. The molecule has 1 fully saturated rings. The van der Waals surface area contributed by atoms with Crippen molar-refractivity contribution >= 4 is 17.8 Å². The first-order valence-corrected chi connectivity index (χ1v) is 13.1. The summed E-state index contributed by atoms with van der Waals surface area (Å²) in [7, 11) is 1.30. The molecule has 6 nitrogen and oxygen atoms in total. The Balaban J connectivity index is 1.40. The first-order valence-electron chi connectivity index (χ1n) is 13.1. The number of hydrogen-bond acceptors (Lipinski definition) is 4. The Labute approximate surface area is 230 Å². The van der Waals surface area contributed by atoms with E-state index in [1.807, 2.05) is 48.5 Å². The smallest absolute Gasteiger partial charge is 0.397 e. The van der Waals surface area contributed by atoms with Gasteiger partial charge in [-0.3, -0.25) is 9.59 Å². The molecule has 1 saturated carbocycles. The molecule has 0 spiro atoms. The van der Waals surface area contributed by atoms with Gasteiger partial charge in [0.25, 0.3) is 0 Å². The second-order valence-corrected chi connectivity index (χ2v) is 10.2. The second kappa shape index (κ2) is 11.2. The summed E-state index contributed by atoms with van der Waals surface area (Å²) in [4.78, 5) is 38.7. The van der Waals surface area contributed by atoms with E-state index in [0.29, 0.717) is 12.0 Å². The number of esters is 1. The summed E-state index contributed by atoms with van der Waals surface area (Å²) >= 11 is 0. The number of alkyl halides is 3. The lowest BCUT2D eigenvalue weighted by atomic mass is 9.87. The average Bonchev–Trinajstić information content (AvgIpc) is 3.76. The van der Waals surface area contributed by atoms with Crippen molar-refractivity contribution in [3.8, 4) is 11.1 Å². The number of amides is 2. The van der Waals surface area contributed by atoms with Gasteiger partial charge < -0.3 is 15.0 Å². The maximum absolute atomic E-state index is 13.0. The van der Waals surface area contributed by atoms with E-state index in [0.717, 1.165) is 39.8 Å². The van der Waals surface area contributed by atoms with Gasteiger partial charge >= 0.3 is 12.1 Å². The van der Waals surface area contributed by atoms with Gasteiger partial charge in [-0.15, -0.1) is 0 Å².